The van der Waals surface area contributed by atoms with Crippen LogP contribution in [-0.2, 0) is 12.7 Å². The highest BCUT2D eigenvalue weighted by Gasteiger charge is 2.30. The number of amides is 1. The van der Waals surface area contributed by atoms with E-state index in [0.717, 1.165) is 28.9 Å². The monoisotopic (exact) mass is 474 g/mol. The zero-order chi connectivity index (χ0) is 24.9. The van der Waals surface area contributed by atoms with Crippen LogP contribution in [0.15, 0.2) is 59.4 Å². The zero-order valence-electron chi connectivity index (χ0n) is 19.0. The number of hydrogen-bond acceptors (Lipinski definition) is 5. The van der Waals surface area contributed by atoms with Gasteiger partial charge < -0.3 is 15.0 Å². The van der Waals surface area contributed by atoms with Crippen LogP contribution in [0.5, 0.6) is 5.75 Å². The Kier molecular flexibility index (Phi) is 7.72. The van der Waals surface area contributed by atoms with Gasteiger partial charge in [-0.25, -0.2) is 4.68 Å². The van der Waals surface area contributed by atoms with Gasteiger partial charge in [0.25, 0.3) is 5.91 Å². The van der Waals surface area contributed by atoms with E-state index < -0.39 is 28.8 Å². The molecule has 1 heterocycles. The number of benzene rings is 2. The van der Waals surface area contributed by atoms with E-state index in [9.17, 15) is 22.8 Å². The van der Waals surface area contributed by atoms with Gasteiger partial charge in [-0.1, -0.05) is 18.2 Å². The summed E-state index contributed by atoms with van der Waals surface area (Å²) in [6.07, 6.45) is -4.53. The maximum absolute atomic E-state index is 13.1. The largest absolute Gasteiger partial charge is 0.492 e. The number of likely N-dealkylation sites (N-methyl/N-ethyl adjacent to an activating group) is 1. The fourth-order valence-electron chi connectivity index (χ4n) is 3.10. The van der Waals surface area contributed by atoms with Crippen molar-refractivity contribution in [3.05, 3.63) is 87.3 Å². The van der Waals surface area contributed by atoms with Crippen LogP contribution < -0.4 is 15.5 Å². The lowest BCUT2D eigenvalue weighted by Gasteiger charge is -2.14. The van der Waals surface area contributed by atoms with Gasteiger partial charge in [-0.2, -0.15) is 18.3 Å². The van der Waals surface area contributed by atoms with Crippen molar-refractivity contribution in [2.45, 2.75) is 19.6 Å². The predicted octanol–water partition coefficient (Wildman–Crippen LogP) is 3.43. The van der Waals surface area contributed by atoms with Crippen molar-refractivity contribution in [1.82, 2.24) is 20.0 Å². The molecule has 1 aromatic heterocycles. The fourth-order valence-corrected chi connectivity index (χ4v) is 3.10. The van der Waals surface area contributed by atoms with E-state index in [0.29, 0.717) is 18.1 Å². The molecule has 7 nitrogen and oxygen atoms in total. The highest BCUT2D eigenvalue weighted by atomic mass is 19.4. The Bertz CT molecular complexity index is 1210. The fraction of sp³-hybridized carbons (Fsp3) is 0.292. The topological polar surface area (TPSA) is 76.5 Å². The van der Waals surface area contributed by atoms with Gasteiger partial charge in [0.2, 0.25) is 5.43 Å². The average molecular weight is 474 g/mol. The first kappa shape index (κ1) is 25.0. The number of ether oxygens (including phenoxy) is 1. The minimum atomic E-state index is -4.53. The van der Waals surface area contributed by atoms with Crippen LogP contribution in [0.2, 0.25) is 0 Å². The molecule has 0 aliphatic carbocycles. The smallest absolute Gasteiger partial charge is 0.416 e. The lowest BCUT2D eigenvalue weighted by atomic mass is 10.2. The highest BCUT2D eigenvalue weighted by molar-refractivity contribution is 5.92. The Labute approximate surface area is 194 Å². The van der Waals surface area contributed by atoms with Crippen LogP contribution in [0.25, 0.3) is 5.69 Å². The maximum atomic E-state index is 13.1. The van der Waals surface area contributed by atoms with Crippen LogP contribution in [0.1, 0.15) is 27.3 Å². The summed E-state index contributed by atoms with van der Waals surface area (Å²) in [5.74, 6) is -0.0295. The van der Waals surface area contributed by atoms with Crippen molar-refractivity contribution in [2.24, 2.45) is 0 Å². The molecule has 1 N–H and O–H groups in total. The van der Waals surface area contributed by atoms with Crippen molar-refractivity contribution in [3.63, 3.8) is 0 Å². The summed E-state index contributed by atoms with van der Waals surface area (Å²) in [5, 5.41) is 6.67. The van der Waals surface area contributed by atoms with Crippen molar-refractivity contribution < 1.29 is 22.7 Å². The van der Waals surface area contributed by atoms with Crippen LogP contribution in [-0.4, -0.2) is 47.8 Å². The first-order chi connectivity index (χ1) is 16.0. The molecule has 2 aromatic carbocycles. The molecule has 3 rings (SSSR count). The molecule has 0 aliphatic rings. The number of carbonyl (C=O) groups is 1. The number of halogens is 3. The minimum Gasteiger partial charge on any atom is -0.492 e. The van der Waals surface area contributed by atoms with E-state index in [1.54, 1.807) is 24.3 Å². The van der Waals surface area contributed by atoms with E-state index in [2.05, 4.69) is 10.4 Å². The molecular weight excluding hydrogens is 449 g/mol. The molecule has 0 aliphatic heterocycles. The first-order valence-corrected chi connectivity index (χ1v) is 10.5. The average Bonchev–Trinajstić information content (AvgIpc) is 2.78. The minimum absolute atomic E-state index is 0.0891. The maximum Gasteiger partial charge on any atom is 0.416 e. The Morgan fingerprint density at radius 1 is 1.12 bits per heavy atom. The standard InChI is InChI=1S/C24H25F3N4O3/c1-16-13-21(32)22(29-31(16)19-6-4-5-18(14-19)24(25,26)27)23(33)28-15-17-7-9-20(10-8-17)34-12-11-30(2)3/h4-10,13-14H,11-12,15H2,1-3H3,(H,28,33). The molecule has 34 heavy (non-hydrogen) atoms. The summed E-state index contributed by atoms with van der Waals surface area (Å²) < 4.78 is 46.0. The summed E-state index contributed by atoms with van der Waals surface area (Å²) in [6, 6.07) is 12.8. The quantitative estimate of drug-likeness (QED) is 0.542. The van der Waals surface area contributed by atoms with Crippen LogP contribution in [0.4, 0.5) is 13.2 Å². The predicted molar refractivity (Wildman–Crippen MR) is 121 cm³/mol. The number of aromatic nitrogens is 2. The second-order valence-electron chi connectivity index (χ2n) is 7.94. The summed E-state index contributed by atoms with van der Waals surface area (Å²) in [6.45, 7) is 2.98. The van der Waals surface area contributed by atoms with Gasteiger partial charge in [-0.15, -0.1) is 0 Å². The molecule has 0 saturated carbocycles. The Morgan fingerprint density at radius 2 is 1.82 bits per heavy atom. The normalized spacial score (nSPS) is 11.5. The molecule has 180 valence electrons. The molecule has 0 saturated heterocycles. The molecule has 10 heteroatoms. The lowest BCUT2D eigenvalue weighted by molar-refractivity contribution is -0.137. The summed E-state index contributed by atoms with van der Waals surface area (Å²) in [5.41, 5.74) is -0.727. The van der Waals surface area contributed by atoms with Crippen LogP contribution in [0, 0.1) is 6.92 Å². The molecule has 0 atom stereocenters. The number of aryl methyl sites for hydroxylation is 1. The van der Waals surface area contributed by atoms with Gasteiger partial charge in [-0.05, 0) is 56.9 Å². The molecule has 0 bridgehead atoms. The van der Waals surface area contributed by atoms with Crippen molar-refractivity contribution in [1.29, 1.82) is 0 Å². The van der Waals surface area contributed by atoms with Crippen molar-refractivity contribution in [2.75, 3.05) is 27.2 Å². The van der Waals surface area contributed by atoms with Gasteiger partial charge in [0.05, 0.1) is 11.3 Å². The van der Waals surface area contributed by atoms with E-state index >= 15 is 0 Å². The molecule has 1 amide bonds. The van der Waals surface area contributed by atoms with E-state index in [1.807, 2.05) is 19.0 Å². The Balaban J connectivity index is 1.73. The van der Waals surface area contributed by atoms with Crippen molar-refractivity contribution >= 4 is 5.91 Å². The summed E-state index contributed by atoms with van der Waals surface area (Å²) >= 11 is 0. The number of hydrogen-bond donors (Lipinski definition) is 1. The highest BCUT2D eigenvalue weighted by Crippen LogP contribution is 2.30. The lowest BCUT2D eigenvalue weighted by Crippen LogP contribution is -2.31. The molecule has 0 fully saturated rings. The summed E-state index contributed by atoms with van der Waals surface area (Å²) in [4.78, 5) is 27.0. The third kappa shape index (κ3) is 6.44. The van der Waals surface area contributed by atoms with E-state index in [-0.39, 0.29) is 12.2 Å². The van der Waals surface area contributed by atoms with Gasteiger partial charge in [0, 0.05) is 24.8 Å². The van der Waals surface area contributed by atoms with Gasteiger partial charge in [0.15, 0.2) is 5.69 Å². The molecular formula is C24H25F3N4O3. The third-order valence-electron chi connectivity index (χ3n) is 4.92. The first-order valence-electron chi connectivity index (χ1n) is 10.5. The molecule has 0 spiro atoms. The number of rotatable bonds is 8. The number of alkyl halides is 3. The van der Waals surface area contributed by atoms with Crippen molar-refractivity contribution in [3.8, 4) is 11.4 Å². The van der Waals surface area contributed by atoms with E-state index in [4.69, 9.17) is 4.74 Å². The van der Waals surface area contributed by atoms with Crippen LogP contribution in [0.3, 0.4) is 0 Å². The Morgan fingerprint density at radius 3 is 2.47 bits per heavy atom. The van der Waals surface area contributed by atoms with Gasteiger partial charge >= 0.3 is 6.18 Å². The third-order valence-corrected chi connectivity index (χ3v) is 4.92. The van der Waals surface area contributed by atoms with Gasteiger partial charge in [-0.3, -0.25) is 9.59 Å². The molecule has 0 unspecified atom stereocenters. The number of nitrogens with zero attached hydrogens (tertiary/aromatic N) is 3. The number of carbonyl (C=O) groups excluding carboxylic acids is 1. The van der Waals surface area contributed by atoms with Crippen LogP contribution >= 0.6 is 0 Å². The SMILES string of the molecule is Cc1cc(=O)c(C(=O)NCc2ccc(OCCN(C)C)cc2)nn1-c1cccc(C(F)(F)F)c1. The number of nitrogens with one attached hydrogen (secondary N) is 1. The summed E-state index contributed by atoms with van der Waals surface area (Å²) in [7, 11) is 3.90. The van der Waals surface area contributed by atoms with E-state index in [1.165, 1.54) is 25.1 Å². The second kappa shape index (κ2) is 10.5. The molecule has 3 aromatic rings. The Hall–Kier alpha value is -3.66. The molecule has 0 radical (unpaired) electrons. The zero-order valence-corrected chi connectivity index (χ0v) is 19.0. The van der Waals surface area contributed by atoms with Gasteiger partial charge in [0.1, 0.15) is 12.4 Å². The second-order valence-corrected chi connectivity index (χ2v) is 7.94.